The van der Waals surface area contributed by atoms with Gasteiger partial charge >= 0.3 is 0 Å². The Morgan fingerprint density at radius 3 is 2.46 bits per heavy atom. The second-order valence-corrected chi connectivity index (χ2v) is 11.8. The summed E-state index contributed by atoms with van der Waals surface area (Å²) >= 11 is 17.7. The van der Waals surface area contributed by atoms with E-state index in [0.717, 1.165) is 6.07 Å². The second-order valence-electron chi connectivity index (χ2n) is 10.5. The first-order chi connectivity index (χ1) is 17.1. The summed E-state index contributed by atoms with van der Waals surface area (Å²) in [7, 11) is 0. The maximum absolute atomic E-state index is 15.5. The fraction of sp³-hybridized carbons (Fsp3) is 0.423. The normalized spacial score (nSPS) is 24.4. The Morgan fingerprint density at radius 1 is 1.19 bits per heavy atom. The van der Waals surface area contributed by atoms with Gasteiger partial charge in [0.2, 0.25) is 0 Å². The van der Waals surface area contributed by atoms with Crippen LogP contribution in [0.1, 0.15) is 57.1 Å². The van der Waals surface area contributed by atoms with Crippen molar-refractivity contribution in [2.45, 2.75) is 63.6 Å². The van der Waals surface area contributed by atoms with Gasteiger partial charge in [-0.1, -0.05) is 73.8 Å². The first-order valence-electron chi connectivity index (χ1n) is 11.7. The molecule has 6 nitrogen and oxygen atoms in total. The number of nitrogens with zero attached hydrogens (tertiary/aromatic N) is 1. The molecule has 1 amide bonds. The van der Waals surface area contributed by atoms with Crippen molar-refractivity contribution in [1.29, 1.82) is 5.41 Å². The first kappa shape index (κ1) is 29.5. The molecule has 0 saturated carbocycles. The number of amidine groups is 1. The van der Waals surface area contributed by atoms with Gasteiger partial charge in [0.25, 0.3) is 5.91 Å². The Bertz CT molecular complexity index is 1230. The van der Waals surface area contributed by atoms with Crippen molar-refractivity contribution in [3.8, 4) is 0 Å². The van der Waals surface area contributed by atoms with Crippen molar-refractivity contribution in [2.75, 3.05) is 0 Å². The number of nitrogens with one attached hydrogen (secondary N) is 2. The molecule has 0 bridgehead atoms. The molecule has 11 heteroatoms. The van der Waals surface area contributed by atoms with Crippen molar-refractivity contribution in [3.63, 3.8) is 0 Å². The molecule has 1 saturated heterocycles. The van der Waals surface area contributed by atoms with Crippen molar-refractivity contribution >= 4 is 51.7 Å². The minimum atomic E-state index is -1.60. The third-order valence-electron chi connectivity index (χ3n) is 6.46. The second kappa shape index (κ2) is 11.3. The lowest BCUT2D eigenvalue weighted by molar-refractivity contribution is -0.119. The number of halogens is 5. The number of benzene rings is 2. The zero-order valence-corrected chi connectivity index (χ0v) is 23.0. The van der Waals surface area contributed by atoms with E-state index < -0.39 is 41.1 Å². The van der Waals surface area contributed by atoms with Crippen LogP contribution in [0.3, 0.4) is 0 Å². The molecule has 4 atom stereocenters. The third-order valence-corrected chi connectivity index (χ3v) is 7.17. The van der Waals surface area contributed by atoms with Gasteiger partial charge in [0, 0.05) is 35.4 Å². The maximum atomic E-state index is 15.5. The average molecular weight is 573 g/mol. The minimum absolute atomic E-state index is 0.0397. The molecule has 0 aliphatic carbocycles. The molecule has 1 heterocycles. The summed E-state index contributed by atoms with van der Waals surface area (Å²) in [6.45, 7) is 5.94. The number of nitrogens with two attached hydrogens (primary N) is 2. The van der Waals surface area contributed by atoms with Gasteiger partial charge in [-0.15, -0.1) is 0 Å². The van der Waals surface area contributed by atoms with Gasteiger partial charge in [0.15, 0.2) is 0 Å². The molecular weight excluding hydrogens is 543 g/mol. The van der Waals surface area contributed by atoms with Crippen LogP contribution in [0.4, 0.5) is 8.78 Å². The Hall–Kier alpha value is -2.10. The highest BCUT2D eigenvalue weighted by Crippen LogP contribution is 2.50. The summed E-state index contributed by atoms with van der Waals surface area (Å²) < 4.78 is 31.0. The van der Waals surface area contributed by atoms with Gasteiger partial charge in [-0.2, -0.15) is 4.99 Å². The Labute approximate surface area is 230 Å². The van der Waals surface area contributed by atoms with Crippen LogP contribution in [0.5, 0.6) is 0 Å². The zero-order chi connectivity index (χ0) is 27.7. The summed E-state index contributed by atoms with van der Waals surface area (Å²) in [4.78, 5) is 17.5. The molecule has 0 aromatic heterocycles. The van der Waals surface area contributed by atoms with Crippen LogP contribution in [0.25, 0.3) is 0 Å². The van der Waals surface area contributed by atoms with Crippen molar-refractivity contribution in [3.05, 3.63) is 69.2 Å². The molecule has 1 aliphatic heterocycles. The van der Waals surface area contributed by atoms with Crippen molar-refractivity contribution in [2.24, 2.45) is 21.9 Å². The lowest BCUT2D eigenvalue weighted by atomic mass is 9.68. The number of rotatable bonds is 7. The van der Waals surface area contributed by atoms with Crippen LogP contribution in [0.2, 0.25) is 10.0 Å². The lowest BCUT2D eigenvalue weighted by Gasteiger charge is -2.39. The predicted octanol–water partition coefficient (Wildman–Crippen LogP) is 5.87. The molecule has 2 aromatic carbocycles. The number of amides is 1. The molecule has 200 valence electrons. The summed E-state index contributed by atoms with van der Waals surface area (Å²) in [5.74, 6) is -3.29. The van der Waals surface area contributed by atoms with Gasteiger partial charge in [-0.25, -0.2) is 8.78 Å². The molecule has 2 aromatic rings. The summed E-state index contributed by atoms with van der Waals surface area (Å²) in [6.07, 6.45) is 0.608. The number of aliphatic imine (C=N–C) groups is 1. The van der Waals surface area contributed by atoms with E-state index in [4.69, 9.17) is 51.7 Å². The number of hydrogen-bond acceptors (Lipinski definition) is 4. The van der Waals surface area contributed by atoms with Crippen molar-refractivity contribution < 1.29 is 13.6 Å². The van der Waals surface area contributed by atoms with Gasteiger partial charge in [-0.05, 0) is 35.6 Å². The van der Waals surface area contributed by atoms with E-state index in [0.29, 0.717) is 6.42 Å². The number of hydrogen-bond donors (Lipinski definition) is 4. The molecule has 0 radical (unpaired) electrons. The Kier molecular flexibility index (Phi) is 9.02. The van der Waals surface area contributed by atoms with Gasteiger partial charge < -0.3 is 16.8 Å². The highest BCUT2D eigenvalue weighted by Gasteiger charge is 2.58. The zero-order valence-electron chi connectivity index (χ0n) is 20.7. The first-order valence-corrected chi connectivity index (χ1v) is 12.8. The molecular formula is C26H30Cl3F2N5O. The molecule has 37 heavy (non-hydrogen) atoms. The minimum Gasteiger partial charge on any atom is -0.387 e. The quantitative estimate of drug-likeness (QED) is 0.245. The summed E-state index contributed by atoms with van der Waals surface area (Å²) in [5, 5.41) is 10.5. The van der Waals surface area contributed by atoms with Crippen LogP contribution in [0.15, 0.2) is 41.4 Å². The summed E-state index contributed by atoms with van der Waals surface area (Å²) in [5.41, 5.74) is 11.2. The van der Waals surface area contributed by atoms with E-state index >= 15 is 8.78 Å². The van der Waals surface area contributed by atoms with E-state index in [9.17, 15) is 4.79 Å². The van der Waals surface area contributed by atoms with Crippen LogP contribution >= 0.6 is 34.8 Å². The molecule has 1 aliphatic rings. The topological polar surface area (TPSA) is 117 Å². The summed E-state index contributed by atoms with van der Waals surface area (Å²) in [6, 6.07) is 6.66. The SMILES string of the molecule is CC(C)(C)CC1NC(C(=O)N=C(N)CCC(=N)Cl)C(c2cccc(Cl)c2F)C1(N)c1ccc(Cl)cc1F. The largest absolute Gasteiger partial charge is 0.387 e. The fourth-order valence-electron chi connectivity index (χ4n) is 4.90. The molecule has 6 N–H and O–H groups in total. The van der Waals surface area contributed by atoms with E-state index in [1.54, 1.807) is 6.07 Å². The number of carbonyl (C=O) groups excluding carboxylic acids is 1. The highest BCUT2D eigenvalue weighted by molar-refractivity contribution is 6.64. The number of carbonyl (C=O) groups is 1. The van der Waals surface area contributed by atoms with Gasteiger partial charge in [0.1, 0.15) is 17.5 Å². The molecule has 3 rings (SSSR count). The molecule has 4 unspecified atom stereocenters. The smallest absolute Gasteiger partial charge is 0.265 e. The van der Waals surface area contributed by atoms with Gasteiger partial charge in [-0.3, -0.25) is 10.2 Å². The van der Waals surface area contributed by atoms with Gasteiger partial charge in [0.05, 0.1) is 21.8 Å². The Balaban J connectivity index is 2.25. The predicted molar refractivity (Wildman–Crippen MR) is 146 cm³/mol. The van der Waals surface area contributed by atoms with E-state index in [1.165, 1.54) is 24.3 Å². The highest BCUT2D eigenvalue weighted by atomic mass is 35.5. The van der Waals surface area contributed by atoms with Crippen LogP contribution < -0.4 is 16.8 Å². The third kappa shape index (κ3) is 6.49. The van der Waals surface area contributed by atoms with Crippen molar-refractivity contribution in [1.82, 2.24) is 5.32 Å². The maximum Gasteiger partial charge on any atom is 0.265 e. The van der Waals surface area contributed by atoms with E-state index in [2.05, 4.69) is 10.3 Å². The van der Waals surface area contributed by atoms with E-state index in [1.807, 2.05) is 20.8 Å². The average Bonchev–Trinajstić information content (AvgIpc) is 3.05. The lowest BCUT2D eigenvalue weighted by Crippen LogP contribution is -2.52. The molecule has 1 fully saturated rings. The Morgan fingerprint density at radius 2 is 1.86 bits per heavy atom. The van der Waals surface area contributed by atoms with Crippen LogP contribution in [-0.2, 0) is 10.3 Å². The monoisotopic (exact) mass is 571 g/mol. The van der Waals surface area contributed by atoms with E-state index in [-0.39, 0.29) is 50.4 Å². The standard InChI is InChI=1S/C26H30Cl3F2N5O/c1-25(2,3)12-18-26(34,15-8-7-13(27)11-17(15)30)21(14-5-4-6-16(28)22(14)31)23(35-18)24(37)36-20(33)10-9-19(29)32/h4-8,11,18,21,23,32,35H,9-10,12,34H2,1-3H3,(H2,33,36,37). The molecule has 0 spiro atoms. The van der Waals surface area contributed by atoms with Crippen LogP contribution in [0, 0.1) is 22.5 Å². The fourth-order valence-corrected chi connectivity index (χ4v) is 5.33. The van der Waals surface area contributed by atoms with Crippen LogP contribution in [-0.4, -0.2) is 29.0 Å².